The van der Waals surface area contributed by atoms with Gasteiger partial charge in [0, 0.05) is 30.6 Å². The minimum atomic E-state index is -4.22. The normalized spacial score (nSPS) is 30.9. The van der Waals surface area contributed by atoms with Crippen LogP contribution in [0.15, 0.2) is 24.3 Å². The third-order valence-electron chi connectivity index (χ3n) is 4.86. The Hall–Kier alpha value is -1.56. The number of carbonyl (C=O) groups excluding carboxylic acids is 1. The van der Waals surface area contributed by atoms with Gasteiger partial charge in [0.2, 0.25) is 0 Å². The number of amides is 1. The van der Waals surface area contributed by atoms with Crippen LogP contribution >= 0.6 is 0 Å². The number of aryl methyl sites for hydroxylation is 1. The highest BCUT2D eigenvalue weighted by molar-refractivity contribution is 5.94. The number of piperidine rings is 1. The van der Waals surface area contributed by atoms with Crippen LogP contribution in [0.1, 0.15) is 22.3 Å². The number of benzene rings is 1. The number of hydrogen-bond donors (Lipinski definition) is 2. The molecule has 0 aromatic heterocycles. The largest absolute Gasteiger partial charge is 0.396 e. The van der Waals surface area contributed by atoms with E-state index < -0.39 is 17.0 Å². The SMILES string of the molecule is Cc1ccc(C(=O)NC[C@@]23CNC[C@]2(C(F)(F)F)C3)cc1. The first-order valence-electron chi connectivity index (χ1n) is 6.92. The molecule has 1 aliphatic carbocycles. The average molecular weight is 298 g/mol. The Morgan fingerprint density at radius 1 is 1.29 bits per heavy atom. The first-order chi connectivity index (χ1) is 9.80. The van der Waals surface area contributed by atoms with Crippen molar-refractivity contribution < 1.29 is 18.0 Å². The van der Waals surface area contributed by atoms with Crippen molar-refractivity contribution in [3.05, 3.63) is 35.4 Å². The highest BCUT2D eigenvalue weighted by atomic mass is 19.4. The quantitative estimate of drug-likeness (QED) is 0.899. The molecule has 2 fully saturated rings. The zero-order chi connectivity index (χ0) is 15.3. The zero-order valence-corrected chi connectivity index (χ0v) is 11.7. The van der Waals surface area contributed by atoms with Crippen molar-refractivity contribution in [3.63, 3.8) is 0 Å². The fourth-order valence-corrected chi connectivity index (χ4v) is 3.38. The molecule has 1 saturated carbocycles. The van der Waals surface area contributed by atoms with E-state index in [0.29, 0.717) is 12.1 Å². The van der Waals surface area contributed by atoms with E-state index in [1.807, 2.05) is 19.1 Å². The van der Waals surface area contributed by atoms with Crippen LogP contribution in [0.3, 0.4) is 0 Å². The molecular weight excluding hydrogens is 281 g/mol. The summed E-state index contributed by atoms with van der Waals surface area (Å²) in [6.07, 6.45) is -4.12. The summed E-state index contributed by atoms with van der Waals surface area (Å²) in [7, 11) is 0. The standard InChI is InChI=1S/C15H17F3N2O/c1-10-2-4-11(5-3-10)12(21)20-8-13-6-14(13,9-19-7-13)15(16,17)18/h2-5,19H,6-9H2,1H3,(H,20,21)/t13-,14-/m1/s1. The molecule has 1 saturated heterocycles. The van der Waals surface area contributed by atoms with Crippen molar-refractivity contribution in [2.45, 2.75) is 19.5 Å². The topological polar surface area (TPSA) is 41.1 Å². The van der Waals surface area contributed by atoms with Crippen molar-refractivity contribution in [2.24, 2.45) is 10.8 Å². The summed E-state index contributed by atoms with van der Waals surface area (Å²) in [6, 6.07) is 6.97. The summed E-state index contributed by atoms with van der Waals surface area (Å²) in [6.45, 7) is 2.23. The monoisotopic (exact) mass is 298 g/mol. The maximum Gasteiger partial charge on any atom is 0.396 e. The van der Waals surface area contributed by atoms with Crippen molar-refractivity contribution in [1.29, 1.82) is 0 Å². The Bertz CT molecular complexity index is 569. The third kappa shape index (κ3) is 2.12. The molecule has 0 bridgehead atoms. The van der Waals surface area contributed by atoms with E-state index in [1.54, 1.807) is 12.1 Å². The highest BCUT2D eigenvalue weighted by Crippen LogP contribution is 2.72. The maximum atomic E-state index is 13.2. The lowest BCUT2D eigenvalue weighted by atomic mass is 9.95. The van der Waals surface area contributed by atoms with E-state index in [-0.39, 0.29) is 25.4 Å². The summed E-state index contributed by atoms with van der Waals surface area (Å²) < 4.78 is 39.5. The van der Waals surface area contributed by atoms with Crippen LogP contribution in [0.2, 0.25) is 0 Å². The Morgan fingerprint density at radius 3 is 2.52 bits per heavy atom. The molecule has 0 radical (unpaired) electrons. The van der Waals surface area contributed by atoms with Crippen LogP contribution in [0, 0.1) is 17.8 Å². The molecule has 0 spiro atoms. The smallest absolute Gasteiger partial charge is 0.351 e. The second-order valence-corrected chi connectivity index (χ2v) is 6.19. The van der Waals surface area contributed by atoms with Gasteiger partial charge in [0.05, 0.1) is 5.41 Å². The molecule has 2 aliphatic rings. The predicted molar refractivity (Wildman–Crippen MR) is 71.9 cm³/mol. The van der Waals surface area contributed by atoms with Gasteiger partial charge in [0.1, 0.15) is 0 Å². The zero-order valence-electron chi connectivity index (χ0n) is 11.7. The van der Waals surface area contributed by atoms with Crippen LogP contribution in [0.4, 0.5) is 13.2 Å². The fraction of sp³-hybridized carbons (Fsp3) is 0.533. The number of nitrogens with one attached hydrogen (secondary N) is 2. The van der Waals surface area contributed by atoms with Crippen LogP contribution in [0.25, 0.3) is 0 Å². The van der Waals surface area contributed by atoms with Crippen molar-refractivity contribution in [1.82, 2.24) is 10.6 Å². The van der Waals surface area contributed by atoms with Gasteiger partial charge < -0.3 is 10.6 Å². The molecule has 1 amide bonds. The Labute approximate surface area is 120 Å². The van der Waals surface area contributed by atoms with Crippen LogP contribution in [-0.4, -0.2) is 31.7 Å². The van der Waals surface area contributed by atoms with Gasteiger partial charge in [0.25, 0.3) is 5.91 Å². The van der Waals surface area contributed by atoms with Crippen LogP contribution in [-0.2, 0) is 0 Å². The van der Waals surface area contributed by atoms with E-state index in [9.17, 15) is 18.0 Å². The summed E-state index contributed by atoms with van der Waals surface area (Å²) in [5.41, 5.74) is -1.02. The molecule has 6 heteroatoms. The molecule has 114 valence electrons. The first-order valence-corrected chi connectivity index (χ1v) is 6.92. The average Bonchev–Trinajstić information content (AvgIpc) is 2.94. The molecule has 1 heterocycles. The lowest BCUT2D eigenvalue weighted by Crippen LogP contribution is -2.37. The predicted octanol–water partition coefficient (Wildman–Crippen LogP) is 2.27. The number of halogens is 3. The summed E-state index contributed by atoms with van der Waals surface area (Å²) in [5, 5.41) is 5.47. The maximum absolute atomic E-state index is 13.2. The number of fused-ring (bicyclic) bond motifs is 1. The summed E-state index contributed by atoms with van der Waals surface area (Å²) in [5.74, 6) is -0.320. The molecule has 3 nitrogen and oxygen atoms in total. The Kier molecular flexibility index (Phi) is 3.06. The van der Waals surface area contributed by atoms with Crippen molar-refractivity contribution in [3.8, 4) is 0 Å². The Morgan fingerprint density at radius 2 is 1.95 bits per heavy atom. The molecule has 21 heavy (non-hydrogen) atoms. The second-order valence-electron chi connectivity index (χ2n) is 6.19. The lowest BCUT2D eigenvalue weighted by Gasteiger charge is -2.20. The van der Waals surface area contributed by atoms with E-state index in [1.165, 1.54) is 0 Å². The van der Waals surface area contributed by atoms with Gasteiger partial charge in [-0.3, -0.25) is 4.79 Å². The second kappa shape index (κ2) is 4.47. The number of alkyl halides is 3. The van der Waals surface area contributed by atoms with Gasteiger partial charge >= 0.3 is 6.18 Å². The van der Waals surface area contributed by atoms with Gasteiger partial charge in [-0.25, -0.2) is 0 Å². The van der Waals surface area contributed by atoms with Gasteiger partial charge in [-0.15, -0.1) is 0 Å². The molecule has 2 N–H and O–H groups in total. The number of rotatable bonds is 3. The molecule has 0 unspecified atom stereocenters. The van der Waals surface area contributed by atoms with Crippen molar-refractivity contribution in [2.75, 3.05) is 19.6 Å². The lowest BCUT2D eigenvalue weighted by molar-refractivity contribution is -0.190. The molecule has 2 atom stereocenters. The third-order valence-corrected chi connectivity index (χ3v) is 4.86. The highest BCUT2D eigenvalue weighted by Gasteiger charge is 2.81. The summed E-state index contributed by atoms with van der Waals surface area (Å²) >= 11 is 0. The fourth-order valence-electron chi connectivity index (χ4n) is 3.38. The van der Waals surface area contributed by atoms with Crippen LogP contribution in [0.5, 0.6) is 0 Å². The van der Waals surface area contributed by atoms with Gasteiger partial charge in [-0.1, -0.05) is 17.7 Å². The molecule has 3 rings (SSSR count). The minimum Gasteiger partial charge on any atom is -0.351 e. The number of hydrogen-bond acceptors (Lipinski definition) is 2. The van der Waals surface area contributed by atoms with Gasteiger partial charge in [-0.05, 0) is 25.5 Å². The van der Waals surface area contributed by atoms with E-state index in [2.05, 4.69) is 10.6 Å². The van der Waals surface area contributed by atoms with E-state index >= 15 is 0 Å². The molecular formula is C15H17F3N2O. The van der Waals surface area contributed by atoms with E-state index in [0.717, 1.165) is 5.56 Å². The van der Waals surface area contributed by atoms with Gasteiger partial charge in [0.15, 0.2) is 0 Å². The van der Waals surface area contributed by atoms with Crippen LogP contribution < -0.4 is 10.6 Å². The van der Waals surface area contributed by atoms with E-state index in [4.69, 9.17) is 0 Å². The van der Waals surface area contributed by atoms with Crippen molar-refractivity contribution >= 4 is 5.91 Å². The Balaban J connectivity index is 1.66. The first kappa shape index (κ1) is 14.4. The minimum absolute atomic E-state index is 0.0447. The van der Waals surface area contributed by atoms with Gasteiger partial charge in [-0.2, -0.15) is 13.2 Å². The molecule has 1 aliphatic heterocycles. The summed E-state index contributed by atoms with van der Waals surface area (Å²) in [4.78, 5) is 12.0. The molecule has 1 aromatic rings. The number of carbonyl (C=O) groups is 1. The molecule has 1 aromatic carbocycles.